The Morgan fingerprint density at radius 2 is 1.69 bits per heavy atom. The van der Waals surface area contributed by atoms with Crippen LogP contribution in [-0.4, -0.2) is 75.1 Å². The summed E-state index contributed by atoms with van der Waals surface area (Å²) >= 11 is 0. The number of amides is 4. The summed E-state index contributed by atoms with van der Waals surface area (Å²) in [6, 6.07) is 20.7. The predicted octanol–water partition coefficient (Wildman–Crippen LogP) is 2.71. The summed E-state index contributed by atoms with van der Waals surface area (Å²) in [4.78, 5) is 43.7. The van der Waals surface area contributed by atoms with E-state index in [1.54, 1.807) is 41.2 Å². The lowest BCUT2D eigenvalue weighted by Crippen LogP contribution is -2.76. The summed E-state index contributed by atoms with van der Waals surface area (Å²) in [6.45, 7) is 0.423. The van der Waals surface area contributed by atoms with Crippen molar-refractivity contribution in [3.05, 3.63) is 101 Å². The Morgan fingerprint density at radius 3 is 2.41 bits per heavy atom. The summed E-state index contributed by atoms with van der Waals surface area (Å²) in [6.07, 6.45) is -0.565. The molecule has 3 aromatic carbocycles. The number of halogens is 1. The number of fused-ring (bicyclic) bond motifs is 1. The molecular weight excluding hydrogens is 501 g/mol. The van der Waals surface area contributed by atoms with Crippen LogP contribution in [0.1, 0.15) is 16.7 Å². The number of carbonyl (C=O) groups is 3. The van der Waals surface area contributed by atoms with E-state index in [0.29, 0.717) is 12.1 Å². The van der Waals surface area contributed by atoms with Crippen molar-refractivity contribution in [1.29, 1.82) is 0 Å². The lowest BCUT2D eigenvalue weighted by Gasteiger charge is -2.54. The van der Waals surface area contributed by atoms with Gasteiger partial charge in [0.15, 0.2) is 0 Å². The molecule has 0 saturated carbocycles. The highest BCUT2D eigenvalue weighted by Gasteiger charge is 2.50. The van der Waals surface area contributed by atoms with Crippen LogP contribution in [0.3, 0.4) is 0 Å². The molecule has 2 fully saturated rings. The summed E-state index contributed by atoms with van der Waals surface area (Å²) in [5.41, 5.74) is 2.29. The van der Waals surface area contributed by atoms with E-state index >= 15 is 0 Å². The van der Waals surface area contributed by atoms with E-state index in [2.05, 4.69) is 5.32 Å². The molecule has 2 N–H and O–H groups in total. The van der Waals surface area contributed by atoms with Crippen LogP contribution in [0, 0.1) is 5.82 Å². The predicted molar refractivity (Wildman–Crippen MR) is 141 cm³/mol. The van der Waals surface area contributed by atoms with Gasteiger partial charge in [-0.1, -0.05) is 54.6 Å². The van der Waals surface area contributed by atoms with Gasteiger partial charge in [-0.15, -0.1) is 0 Å². The van der Waals surface area contributed by atoms with E-state index in [1.165, 1.54) is 34.2 Å². The fourth-order valence-electron chi connectivity index (χ4n) is 5.21. The highest BCUT2D eigenvalue weighted by atomic mass is 19.1. The molecule has 2 atom stereocenters. The van der Waals surface area contributed by atoms with Gasteiger partial charge in [0.05, 0.1) is 13.1 Å². The van der Waals surface area contributed by atoms with Gasteiger partial charge in [-0.3, -0.25) is 9.59 Å². The molecule has 5 rings (SSSR count). The molecule has 2 heterocycles. The number of piperazine rings is 1. The van der Waals surface area contributed by atoms with Crippen LogP contribution in [0.4, 0.5) is 9.18 Å². The smallest absolute Gasteiger partial charge is 0.334 e. The van der Waals surface area contributed by atoms with E-state index < -0.39 is 24.1 Å². The van der Waals surface area contributed by atoms with Gasteiger partial charge in [-0.05, 0) is 41.0 Å². The quantitative estimate of drug-likeness (QED) is 0.510. The van der Waals surface area contributed by atoms with Crippen molar-refractivity contribution in [3.8, 4) is 5.75 Å². The number of hydrazine groups is 1. The number of nitrogens with zero attached hydrogens (tertiary/aromatic N) is 4. The van der Waals surface area contributed by atoms with Gasteiger partial charge in [0.2, 0.25) is 11.8 Å². The Hall–Kier alpha value is -4.44. The molecule has 2 saturated heterocycles. The molecule has 2 aliphatic rings. The highest BCUT2D eigenvalue weighted by Crippen LogP contribution is 2.29. The fraction of sp³-hybridized carbons (Fsp3) is 0.276. The molecule has 0 radical (unpaired) electrons. The first-order valence-corrected chi connectivity index (χ1v) is 12.7. The number of hydrogen-bond acceptors (Lipinski definition) is 5. The Labute approximate surface area is 226 Å². The van der Waals surface area contributed by atoms with Crippen molar-refractivity contribution in [2.24, 2.45) is 0 Å². The molecular formula is C29H30FN5O4. The number of carbonyl (C=O) groups excluding carboxylic acids is 3. The third kappa shape index (κ3) is 5.70. The second-order valence-corrected chi connectivity index (χ2v) is 9.82. The number of likely N-dealkylation sites (N-methyl/N-ethyl adjacent to an activating group) is 1. The molecule has 4 amide bonds. The molecule has 3 aromatic rings. The van der Waals surface area contributed by atoms with Crippen LogP contribution in [0.5, 0.6) is 5.75 Å². The second kappa shape index (κ2) is 11.1. The summed E-state index contributed by atoms with van der Waals surface area (Å²) < 4.78 is 13.9. The molecule has 2 aliphatic heterocycles. The van der Waals surface area contributed by atoms with Crippen LogP contribution >= 0.6 is 0 Å². The summed E-state index contributed by atoms with van der Waals surface area (Å²) in [5.74, 6) is -0.867. The zero-order valence-corrected chi connectivity index (χ0v) is 21.5. The highest BCUT2D eigenvalue weighted by molar-refractivity contribution is 5.91. The van der Waals surface area contributed by atoms with E-state index in [9.17, 15) is 23.9 Å². The van der Waals surface area contributed by atoms with Gasteiger partial charge in [0.25, 0.3) is 0 Å². The van der Waals surface area contributed by atoms with Crippen molar-refractivity contribution in [1.82, 2.24) is 25.1 Å². The molecule has 0 aliphatic carbocycles. The molecule has 0 spiro atoms. The first-order valence-electron chi connectivity index (χ1n) is 12.7. The van der Waals surface area contributed by atoms with Gasteiger partial charge >= 0.3 is 6.03 Å². The zero-order chi connectivity index (χ0) is 27.5. The first kappa shape index (κ1) is 26.2. The number of phenolic OH excluding ortho intramolecular Hbond substituents is 1. The van der Waals surface area contributed by atoms with E-state index in [4.69, 9.17) is 0 Å². The molecule has 202 valence electrons. The topological polar surface area (TPSA) is 96.4 Å². The Balaban J connectivity index is 1.46. The minimum atomic E-state index is -0.882. The summed E-state index contributed by atoms with van der Waals surface area (Å²) in [5, 5.41) is 15.7. The van der Waals surface area contributed by atoms with Gasteiger partial charge in [0, 0.05) is 26.6 Å². The Morgan fingerprint density at radius 1 is 0.974 bits per heavy atom. The van der Waals surface area contributed by atoms with Crippen molar-refractivity contribution in [2.45, 2.75) is 31.7 Å². The van der Waals surface area contributed by atoms with Crippen molar-refractivity contribution in [2.75, 3.05) is 20.1 Å². The van der Waals surface area contributed by atoms with E-state index in [1.807, 2.05) is 30.3 Å². The lowest BCUT2D eigenvalue weighted by atomic mass is 9.98. The number of phenols is 1. The number of benzene rings is 3. The maximum atomic E-state index is 13.9. The number of hydrogen-bond donors (Lipinski definition) is 2. The van der Waals surface area contributed by atoms with E-state index in [0.717, 1.165) is 11.1 Å². The maximum Gasteiger partial charge on any atom is 0.334 e. The normalized spacial score (nSPS) is 19.7. The Bertz CT molecular complexity index is 1350. The average Bonchev–Trinajstić information content (AvgIpc) is 2.91. The van der Waals surface area contributed by atoms with Crippen molar-refractivity contribution in [3.63, 3.8) is 0 Å². The van der Waals surface area contributed by atoms with Gasteiger partial charge in [0.1, 0.15) is 23.8 Å². The number of urea groups is 1. The van der Waals surface area contributed by atoms with Gasteiger partial charge in [-0.25, -0.2) is 19.2 Å². The number of rotatable bonds is 6. The number of nitrogens with one attached hydrogen (secondary N) is 1. The van der Waals surface area contributed by atoms with Crippen LogP contribution in [-0.2, 0) is 29.1 Å². The second-order valence-electron chi connectivity index (χ2n) is 9.82. The monoisotopic (exact) mass is 531 g/mol. The third-order valence-corrected chi connectivity index (χ3v) is 7.06. The molecule has 10 heteroatoms. The van der Waals surface area contributed by atoms with Crippen LogP contribution in [0.25, 0.3) is 0 Å². The minimum Gasteiger partial charge on any atom is -0.508 e. The van der Waals surface area contributed by atoms with Crippen LogP contribution in [0.15, 0.2) is 78.9 Å². The standard InChI is InChI=1S/C29H30FN5O4/c1-32-19-27(37)34-25(15-20-10-12-24(36)13-11-20)28(38)33(17-22-8-5-9-23(30)14-22)18-26(34)35(32)29(39)31-16-21-6-3-2-4-7-21/h2-14,25-26,36H,15-19H2,1H3,(H,31,39)/t25-,26?/m0/s1. The molecule has 9 nitrogen and oxygen atoms in total. The van der Waals surface area contributed by atoms with Crippen molar-refractivity contribution < 1.29 is 23.9 Å². The molecule has 39 heavy (non-hydrogen) atoms. The molecule has 0 aromatic heterocycles. The number of aromatic hydroxyl groups is 1. The summed E-state index contributed by atoms with van der Waals surface area (Å²) in [7, 11) is 1.67. The largest absolute Gasteiger partial charge is 0.508 e. The first-order chi connectivity index (χ1) is 18.8. The molecule has 1 unspecified atom stereocenters. The lowest BCUT2D eigenvalue weighted by molar-refractivity contribution is -0.187. The minimum absolute atomic E-state index is 0.0657. The third-order valence-electron chi connectivity index (χ3n) is 7.06. The fourth-order valence-corrected chi connectivity index (χ4v) is 5.21. The van der Waals surface area contributed by atoms with Crippen LogP contribution < -0.4 is 5.32 Å². The van der Waals surface area contributed by atoms with Gasteiger partial charge in [-0.2, -0.15) is 0 Å². The maximum absolute atomic E-state index is 13.9. The van der Waals surface area contributed by atoms with Crippen LogP contribution in [0.2, 0.25) is 0 Å². The van der Waals surface area contributed by atoms with E-state index in [-0.39, 0.29) is 43.6 Å². The van der Waals surface area contributed by atoms with Gasteiger partial charge < -0.3 is 20.2 Å². The van der Waals surface area contributed by atoms with Crippen molar-refractivity contribution >= 4 is 17.8 Å². The SMILES string of the molecule is CN1CC(=O)N2C(CN(Cc3cccc(F)c3)C(=O)[C@@H]2Cc2ccc(O)cc2)N1C(=O)NCc1ccccc1. The average molecular weight is 532 g/mol. The zero-order valence-electron chi connectivity index (χ0n) is 21.5. The Kier molecular flexibility index (Phi) is 7.47. The molecule has 0 bridgehead atoms.